The fourth-order valence-corrected chi connectivity index (χ4v) is 4.48. The first-order valence-electron chi connectivity index (χ1n) is 9.29. The average Bonchev–Trinajstić information content (AvgIpc) is 3.08. The van der Waals surface area contributed by atoms with Gasteiger partial charge < -0.3 is 9.88 Å². The van der Waals surface area contributed by atoms with E-state index < -0.39 is 17.7 Å². The van der Waals surface area contributed by atoms with Gasteiger partial charge in [-0.1, -0.05) is 41.7 Å². The Labute approximate surface area is 172 Å². The number of alkyl halides is 5. The second-order valence-corrected chi connectivity index (χ2v) is 8.17. The molecular weight excluding hydrogens is 425 g/mol. The highest BCUT2D eigenvalue weighted by Gasteiger charge is 2.59. The maximum Gasteiger partial charge on any atom is 0.458 e. The molecule has 2 heterocycles. The van der Waals surface area contributed by atoms with E-state index in [4.69, 9.17) is 0 Å². The van der Waals surface area contributed by atoms with Crippen LogP contribution in [0.3, 0.4) is 0 Å². The number of aromatic nitrogens is 1. The van der Waals surface area contributed by atoms with Gasteiger partial charge in [0.1, 0.15) is 0 Å². The zero-order chi connectivity index (χ0) is 21.5. The van der Waals surface area contributed by atoms with Gasteiger partial charge in [-0.15, -0.1) is 0 Å². The van der Waals surface area contributed by atoms with Gasteiger partial charge in [0.2, 0.25) is 0 Å². The molecule has 1 saturated heterocycles. The highest BCUT2D eigenvalue weighted by molar-refractivity contribution is 7.16. The van der Waals surface area contributed by atoms with Gasteiger partial charge >= 0.3 is 17.0 Å². The molecule has 30 heavy (non-hydrogen) atoms. The number of H-pyrrole nitrogens is 1. The normalized spacial score (nSPS) is 16.4. The number of piperazine rings is 1. The van der Waals surface area contributed by atoms with Crippen molar-refractivity contribution < 1.29 is 22.0 Å². The summed E-state index contributed by atoms with van der Waals surface area (Å²) in [4.78, 5) is 18.3. The van der Waals surface area contributed by atoms with Crippen LogP contribution in [0.5, 0.6) is 0 Å². The zero-order valence-electron chi connectivity index (χ0n) is 15.7. The van der Waals surface area contributed by atoms with Crippen LogP contribution in [0.15, 0.2) is 47.3 Å². The van der Waals surface area contributed by atoms with E-state index in [2.05, 4.69) is 9.88 Å². The number of halogens is 5. The van der Waals surface area contributed by atoms with E-state index in [0.29, 0.717) is 26.2 Å². The van der Waals surface area contributed by atoms with Crippen LogP contribution in [-0.2, 0) is 12.5 Å². The van der Waals surface area contributed by atoms with Crippen molar-refractivity contribution in [3.63, 3.8) is 0 Å². The number of anilines is 1. The van der Waals surface area contributed by atoms with Crippen molar-refractivity contribution in [3.05, 3.63) is 63.3 Å². The van der Waals surface area contributed by atoms with Gasteiger partial charge in [0.05, 0.1) is 15.9 Å². The SMILES string of the molecule is O=c1[nH]c2c(N3CCN(Cc4ccccc4C(F)(F)C(F)(F)F)CC3)cccc2s1. The van der Waals surface area contributed by atoms with Gasteiger partial charge in [-0.05, 0) is 17.7 Å². The van der Waals surface area contributed by atoms with E-state index in [1.54, 1.807) is 0 Å². The van der Waals surface area contributed by atoms with E-state index in [9.17, 15) is 26.7 Å². The lowest BCUT2D eigenvalue weighted by Gasteiger charge is -2.36. The third-order valence-corrected chi connectivity index (χ3v) is 6.10. The van der Waals surface area contributed by atoms with Crippen LogP contribution in [0.4, 0.5) is 27.6 Å². The minimum Gasteiger partial charge on any atom is -0.367 e. The highest BCUT2D eigenvalue weighted by atomic mass is 32.1. The number of para-hydroxylation sites is 1. The summed E-state index contributed by atoms with van der Waals surface area (Å²) in [6, 6.07) is 10.4. The molecule has 0 amide bonds. The van der Waals surface area contributed by atoms with Crippen molar-refractivity contribution in [2.75, 3.05) is 31.1 Å². The fraction of sp³-hybridized carbons (Fsp3) is 0.350. The third kappa shape index (κ3) is 3.81. The van der Waals surface area contributed by atoms with Crippen molar-refractivity contribution in [1.82, 2.24) is 9.88 Å². The van der Waals surface area contributed by atoms with Crippen molar-refractivity contribution in [1.29, 1.82) is 0 Å². The van der Waals surface area contributed by atoms with Gasteiger partial charge in [0, 0.05) is 38.3 Å². The van der Waals surface area contributed by atoms with Crippen LogP contribution in [0.2, 0.25) is 0 Å². The minimum absolute atomic E-state index is 0.00910. The number of fused-ring (bicyclic) bond motifs is 1. The van der Waals surface area contributed by atoms with Crippen LogP contribution in [0.1, 0.15) is 11.1 Å². The largest absolute Gasteiger partial charge is 0.458 e. The Morgan fingerprint density at radius 1 is 0.933 bits per heavy atom. The van der Waals surface area contributed by atoms with Gasteiger partial charge in [0.25, 0.3) is 0 Å². The Balaban J connectivity index is 1.49. The number of benzene rings is 2. The summed E-state index contributed by atoms with van der Waals surface area (Å²) in [6.07, 6.45) is -5.64. The molecule has 4 nitrogen and oxygen atoms in total. The molecule has 1 aliphatic heterocycles. The summed E-state index contributed by atoms with van der Waals surface area (Å²) in [5.41, 5.74) is 0.615. The molecule has 1 aliphatic rings. The Morgan fingerprint density at radius 3 is 2.33 bits per heavy atom. The standard InChI is InChI=1S/C20H18F5N3OS/c21-19(22,20(23,24)25)14-5-2-1-4-13(14)12-27-8-10-28(11-9-27)15-6-3-7-16-17(15)26-18(29)30-16/h1-7H,8-12H2,(H,26,29). The van der Waals surface area contributed by atoms with E-state index in [1.807, 2.05) is 23.1 Å². The summed E-state index contributed by atoms with van der Waals surface area (Å²) in [6.45, 7) is 2.13. The molecule has 0 spiro atoms. The highest BCUT2D eigenvalue weighted by Crippen LogP contribution is 2.45. The summed E-state index contributed by atoms with van der Waals surface area (Å²) < 4.78 is 67.3. The Morgan fingerprint density at radius 2 is 1.63 bits per heavy atom. The molecule has 1 fully saturated rings. The van der Waals surface area contributed by atoms with Crippen LogP contribution in [0.25, 0.3) is 10.2 Å². The molecule has 0 radical (unpaired) electrons. The molecule has 10 heteroatoms. The number of nitrogens with one attached hydrogen (secondary N) is 1. The Hall–Kier alpha value is -2.46. The summed E-state index contributed by atoms with van der Waals surface area (Å²) in [5.74, 6) is -4.90. The lowest BCUT2D eigenvalue weighted by molar-refractivity contribution is -0.289. The molecule has 1 N–H and O–H groups in total. The van der Waals surface area contributed by atoms with Crippen molar-refractivity contribution in [2.45, 2.75) is 18.6 Å². The van der Waals surface area contributed by atoms with E-state index in [0.717, 1.165) is 33.3 Å². The van der Waals surface area contributed by atoms with E-state index in [1.165, 1.54) is 18.2 Å². The molecule has 0 unspecified atom stereocenters. The fourth-order valence-electron chi connectivity index (χ4n) is 3.73. The van der Waals surface area contributed by atoms with Crippen molar-refractivity contribution in [3.8, 4) is 0 Å². The smallest absolute Gasteiger partial charge is 0.367 e. The van der Waals surface area contributed by atoms with Crippen molar-refractivity contribution >= 4 is 27.2 Å². The topological polar surface area (TPSA) is 39.3 Å². The van der Waals surface area contributed by atoms with Gasteiger partial charge in [0.15, 0.2) is 0 Å². The number of rotatable bonds is 4. The first-order chi connectivity index (χ1) is 14.2. The van der Waals surface area contributed by atoms with Crippen LogP contribution < -0.4 is 9.77 Å². The van der Waals surface area contributed by atoms with Gasteiger partial charge in [-0.2, -0.15) is 22.0 Å². The number of hydrogen-bond acceptors (Lipinski definition) is 4. The second kappa shape index (κ2) is 7.66. The van der Waals surface area contributed by atoms with Gasteiger partial charge in [-0.3, -0.25) is 9.69 Å². The lowest BCUT2D eigenvalue weighted by Crippen LogP contribution is -2.46. The number of thiazole rings is 1. The predicted octanol–water partition coefficient (Wildman–Crippen LogP) is 4.57. The minimum atomic E-state index is -5.64. The third-order valence-electron chi connectivity index (χ3n) is 5.25. The number of aromatic amines is 1. The quantitative estimate of drug-likeness (QED) is 0.601. The average molecular weight is 443 g/mol. The second-order valence-electron chi connectivity index (χ2n) is 7.16. The molecular formula is C20H18F5N3OS. The van der Waals surface area contributed by atoms with E-state index >= 15 is 0 Å². The monoisotopic (exact) mass is 443 g/mol. The molecule has 0 bridgehead atoms. The molecule has 0 saturated carbocycles. The maximum atomic E-state index is 13.9. The maximum absolute atomic E-state index is 13.9. The molecule has 0 atom stereocenters. The molecule has 1 aromatic heterocycles. The zero-order valence-corrected chi connectivity index (χ0v) is 16.5. The summed E-state index contributed by atoms with van der Waals surface area (Å²) in [5, 5.41) is 0. The van der Waals surface area contributed by atoms with Gasteiger partial charge in [-0.25, -0.2) is 0 Å². The Kier molecular flexibility index (Phi) is 5.31. The molecule has 0 aliphatic carbocycles. The van der Waals surface area contributed by atoms with Crippen LogP contribution in [-0.4, -0.2) is 42.2 Å². The molecule has 160 valence electrons. The first-order valence-corrected chi connectivity index (χ1v) is 10.1. The lowest BCUT2D eigenvalue weighted by atomic mass is 10.0. The molecule has 2 aromatic carbocycles. The first kappa shape index (κ1) is 20.8. The van der Waals surface area contributed by atoms with Crippen LogP contribution in [0, 0.1) is 0 Å². The summed E-state index contributed by atoms with van der Waals surface area (Å²) in [7, 11) is 0. The summed E-state index contributed by atoms with van der Waals surface area (Å²) >= 11 is 1.13. The van der Waals surface area contributed by atoms with Crippen molar-refractivity contribution in [2.24, 2.45) is 0 Å². The predicted molar refractivity (Wildman–Crippen MR) is 106 cm³/mol. The van der Waals surface area contributed by atoms with Crippen LogP contribution >= 0.6 is 11.3 Å². The number of hydrogen-bond donors (Lipinski definition) is 1. The van der Waals surface area contributed by atoms with E-state index in [-0.39, 0.29) is 17.0 Å². The molecule has 4 rings (SSSR count). The Bertz CT molecular complexity index is 1100. The molecule has 3 aromatic rings. The number of nitrogens with zero attached hydrogens (tertiary/aromatic N) is 2.